The fourth-order valence-electron chi connectivity index (χ4n) is 1.55. The summed E-state index contributed by atoms with van der Waals surface area (Å²) in [6.45, 7) is 4.14. The van der Waals surface area contributed by atoms with E-state index in [4.69, 9.17) is 0 Å². The summed E-state index contributed by atoms with van der Waals surface area (Å²) >= 11 is 3.02. The Kier molecular flexibility index (Phi) is 3.59. The van der Waals surface area contributed by atoms with E-state index in [9.17, 15) is 4.79 Å². The quantitative estimate of drug-likeness (QED) is 0.823. The minimum absolute atomic E-state index is 0.143. The summed E-state index contributed by atoms with van der Waals surface area (Å²) in [6.07, 6.45) is 2.87. The van der Waals surface area contributed by atoms with Crippen LogP contribution in [0.2, 0.25) is 0 Å². The SMILES string of the molecule is CCc1sc(C(=O)N=c2sccn2C)cc1C. The van der Waals surface area contributed by atoms with E-state index in [1.165, 1.54) is 21.8 Å². The van der Waals surface area contributed by atoms with Crippen molar-refractivity contribution in [2.45, 2.75) is 20.3 Å². The first-order valence-electron chi connectivity index (χ1n) is 5.40. The Balaban J connectivity index is 2.35. The van der Waals surface area contributed by atoms with Gasteiger partial charge in [-0.15, -0.1) is 22.7 Å². The highest BCUT2D eigenvalue weighted by atomic mass is 32.1. The van der Waals surface area contributed by atoms with Crippen LogP contribution in [0.4, 0.5) is 0 Å². The minimum Gasteiger partial charge on any atom is -0.327 e. The number of thiazole rings is 1. The van der Waals surface area contributed by atoms with Gasteiger partial charge in [-0.05, 0) is 25.0 Å². The third-order valence-electron chi connectivity index (χ3n) is 2.51. The molecule has 1 amide bonds. The van der Waals surface area contributed by atoms with Crippen LogP contribution in [-0.2, 0) is 13.5 Å². The minimum atomic E-state index is -0.143. The van der Waals surface area contributed by atoms with E-state index in [1.807, 2.05) is 36.2 Å². The number of hydrogen-bond acceptors (Lipinski definition) is 3. The van der Waals surface area contributed by atoms with Gasteiger partial charge in [0.15, 0.2) is 4.80 Å². The molecular formula is C12H14N2OS2. The zero-order valence-electron chi connectivity index (χ0n) is 10.1. The first-order chi connectivity index (χ1) is 8.11. The van der Waals surface area contributed by atoms with Crippen LogP contribution in [0.15, 0.2) is 22.6 Å². The van der Waals surface area contributed by atoms with Gasteiger partial charge in [-0.2, -0.15) is 4.99 Å². The lowest BCUT2D eigenvalue weighted by Gasteiger charge is -1.90. The van der Waals surface area contributed by atoms with Crippen molar-refractivity contribution >= 4 is 28.6 Å². The van der Waals surface area contributed by atoms with Gasteiger partial charge in [0.2, 0.25) is 0 Å². The first-order valence-corrected chi connectivity index (χ1v) is 7.10. The maximum Gasteiger partial charge on any atom is 0.289 e. The topological polar surface area (TPSA) is 34.4 Å². The third-order valence-corrected chi connectivity index (χ3v) is 4.73. The van der Waals surface area contributed by atoms with Crippen LogP contribution in [0.3, 0.4) is 0 Å². The largest absolute Gasteiger partial charge is 0.327 e. The number of carbonyl (C=O) groups excluding carboxylic acids is 1. The zero-order valence-corrected chi connectivity index (χ0v) is 11.7. The van der Waals surface area contributed by atoms with E-state index in [1.54, 1.807) is 11.3 Å². The van der Waals surface area contributed by atoms with Gasteiger partial charge in [0.25, 0.3) is 5.91 Å². The molecule has 90 valence electrons. The van der Waals surface area contributed by atoms with Gasteiger partial charge < -0.3 is 4.57 Å². The van der Waals surface area contributed by atoms with Gasteiger partial charge in [-0.25, -0.2) is 0 Å². The molecule has 0 aliphatic heterocycles. The highest BCUT2D eigenvalue weighted by Crippen LogP contribution is 2.22. The second-order valence-corrected chi connectivity index (χ2v) is 5.79. The standard InChI is InChI=1S/C12H14N2OS2/c1-4-9-8(2)7-10(17-9)11(15)13-12-14(3)5-6-16-12/h5-7H,4H2,1-3H3. The maximum atomic E-state index is 12.0. The predicted octanol–water partition coefficient (Wildman–Crippen LogP) is 2.76. The molecule has 0 saturated heterocycles. The van der Waals surface area contributed by atoms with Crippen molar-refractivity contribution in [3.05, 3.63) is 37.8 Å². The van der Waals surface area contributed by atoms with Gasteiger partial charge in [0, 0.05) is 23.5 Å². The zero-order chi connectivity index (χ0) is 12.4. The van der Waals surface area contributed by atoms with Crippen molar-refractivity contribution in [1.29, 1.82) is 0 Å². The van der Waals surface area contributed by atoms with Crippen LogP contribution >= 0.6 is 22.7 Å². The molecule has 0 fully saturated rings. The van der Waals surface area contributed by atoms with Gasteiger partial charge in [0.05, 0.1) is 4.88 Å². The normalized spacial score (nSPS) is 12.1. The Bertz CT molecular complexity index is 604. The second kappa shape index (κ2) is 4.98. The molecule has 0 saturated carbocycles. The smallest absolute Gasteiger partial charge is 0.289 e. The monoisotopic (exact) mass is 266 g/mol. The number of carbonyl (C=O) groups is 1. The van der Waals surface area contributed by atoms with E-state index >= 15 is 0 Å². The number of nitrogens with zero attached hydrogens (tertiary/aromatic N) is 2. The Labute approximate surface area is 108 Å². The van der Waals surface area contributed by atoms with Crippen LogP contribution in [0.1, 0.15) is 27.0 Å². The average molecular weight is 266 g/mol. The summed E-state index contributed by atoms with van der Waals surface area (Å²) in [5.74, 6) is -0.143. The lowest BCUT2D eigenvalue weighted by atomic mass is 10.2. The Hall–Kier alpha value is -1.20. The molecule has 0 aliphatic carbocycles. The summed E-state index contributed by atoms with van der Waals surface area (Å²) in [5.41, 5.74) is 1.19. The number of rotatable bonds is 2. The summed E-state index contributed by atoms with van der Waals surface area (Å²) in [4.78, 5) is 18.8. The Morgan fingerprint density at radius 3 is 2.82 bits per heavy atom. The maximum absolute atomic E-state index is 12.0. The van der Waals surface area contributed by atoms with Crippen molar-refractivity contribution in [1.82, 2.24) is 4.57 Å². The molecule has 0 spiro atoms. The summed E-state index contributed by atoms with van der Waals surface area (Å²) in [6, 6.07) is 1.93. The molecule has 2 heterocycles. The highest BCUT2D eigenvalue weighted by molar-refractivity contribution is 7.14. The number of thiophene rings is 1. The molecule has 0 N–H and O–H groups in total. The van der Waals surface area contributed by atoms with E-state index in [0.29, 0.717) is 0 Å². The number of amides is 1. The fraction of sp³-hybridized carbons (Fsp3) is 0.333. The summed E-state index contributed by atoms with van der Waals surface area (Å²) in [5, 5.41) is 1.92. The van der Waals surface area contributed by atoms with Gasteiger partial charge in [0.1, 0.15) is 0 Å². The molecule has 0 radical (unpaired) electrons. The van der Waals surface area contributed by atoms with Crippen LogP contribution in [0.25, 0.3) is 0 Å². The molecule has 3 nitrogen and oxygen atoms in total. The van der Waals surface area contributed by atoms with Gasteiger partial charge in [-0.1, -0.05) is 6.92 Å². The molecule has 0 aliphatic rings. The Morgan fingerprint density at radius 1 is 1.53 bits per heavy atom. The molecule has 2 rings (SSSR count). The molecule has 17 heavy (non-hydrogen) atoms. The van der Waals surface area contributed by atoms with E-state index in [0.717, 1.165) is 16.1 Å². The van der Waals surface area contributed by atoms with Crippen molar-refractivity contribution < 1.29 is 4.79 Å². The molecule has 2 aromatic heterocycles. The van der Waals surface area contributed by atoms with Gasteiger partial charge >= 0.3 is 0 Å². The van der Waals surface area contributed by atoms with Crippen molar-refractivity contribution in [3.63, 3.8) is 0 Å². The van der Waals surface area contributed by atoms with E-state index in [2.05, 4.69) is 11.9 Å². The lowest BCUT2D eigenvalue weighted by molar-refractivity contribution is 0.100. The van der Waals surface area contributed by atoms with Crippen molar-refractivity contribution in [2.75, 3.05) is 0 Å². The predicted molar refractivity (Wildman–Crippen MR) is 71.6 cm³/mol. The number of aryl methyl sites for hydroxylation is 3. The van der Waals surface area contributed by atoms with E-state index in [-0.39, 0.29) is 5.91 Å². The molecule has 0 unspecified atom stereocenters. The number of hydrogen-bond donors (Lipinski definition) is 0. The molecule has 0 atom stereocenters. The first kappa shape index (κ1) is 12.3. The highest BCUT2D eigenvalue weighted by Gasteiger charge is 2.10. The fourth-order valence-corrected chi connectivity index (χ4v) is 3.28. The van der Waals surface area contributed by atoms with Crippen molar-refractivity contribution in [2.24, 2.45) is 12.0 Å². The Morgan fingerprint density at radius 2 is 2.29 bits per heavy atom. The molecule has 0 aromatic carbocycles. The summed E-state index contributed by atoms with van der Waals surface area (Å²) < 4.78 is 1.85. The van der Waals surface area contributed by atoms with Crippen LogP contribution in [0.5, 0.6) is 0 Å². The molecule has 0 bridgehead atoms. The number of aromatic nitrogens is 1. The van der Waals surface area contributed by atoms with E-state index < -0.39 is 0 Å². The second-order valence-electron chi connectivity index (χ2n) is 3.78. The summed E-state index contributed by atoms with van der Waals surface area (Å²) in [7, 11) is 1.89. The van der Waals surface area contributed by atoms with Crippen LogP contribution in [0, 0.1) is 6.92 Å². The molecular weight excluding hydrogens is 252 g/mol. The van der Waals surface area contributed by atoms with Crippen LogP contribution < -0.4 is 4.80 Å². The lowest BCUT2D eigenvalue weighted by Crippen LogP contribution is -2.12. The third kappa shape index (κ3) is 2.56. The molecule has 2 aromatic rings. The van der Waals surface area contributed by atoms with Gasteiger partial charge in [-0.3, -0.25) is 4.79 Å². The van der Waals surface area contributed by atoms with Crippen molar-refractivity contribution in [3.8, 4) is 0 Å². The van der Waals surface area contributed by atoms with Crippen LogP contribution in [-0.4, -0.2) is 10.5 Å². The molecule has 5 heteroatoms. The average Bonchev–Trinajstić information content (AvgIpc) is 2.86.